The number of nitrogens with one attached hydrogen (secondary N) is 1. The summed E-state index contributed by atoms with van der Waals surface area (Å²) >= 11 is 5.28. The van der Waals surface area contributed by atoms with Crippen LogP contribution >= 0.6 is 12.2 Å². The van der Waals surface area contributed by atoms with Gasteiger partial charge in [-0.05, 0) is 37.9 Å². The molecule has 2 fully saturated rings. The van der Waals surface area contributed by atoms with E-state index in [9.17, 15) is 9.90 Å². The molecular formula is C17H26N4O2S. The Labute approximate surface area is 146 Å². The highest BCUT2D eigenvalue weighted by molar-refractivity contribution is 7.71. The molecular weight excluding hydrogens is 324 g/mol. The minimum atomic E-state index is -0.391. The number of aliphatic imine (C=N–C) groups is 1. The maximum Gasteiger partial charge on any atom is 0.264 e. The summed E-state index contributed by atoms with van der Waals surface area (Å²) in [6.45, 7) is 0. The van der Waals surface area contributed by atoms with Crippen molar-refractivity contribution in [2.24, 2.45) is 10.7 Å². The molecule has 6 nitrogen and oxygen atoms in total. The van der Waals surface area contributed by atoms with Crippen LogP contribution in [0.5, 0.6) is 5.88 Å². The summed E-state index contributed by atoms with van der Waals surface area (Å²) in [5, 5.41) is 10.7. The number of aromatic amines is 1. The fourth-order valence-corrected chi connectivity index (χ4v) is 4.17. The predicted molar refractivity (Wildman–Crippen MR) is 97.5 cm³/mol. The highest BCUT2D eigenvalue weighted by Crippen LogP contribution is 2.31. The number of hydrogen-bond acceptors (Lipinski definition) is 5. The number of H-pyrrole nitrogens is 1. The van der Waals surface area contributed by atoms with Crippen molar-refractivity contribution in [3.8, 4) is 5.88 Å². The summed E-state index contributed by atoms with van der Waals surface area (Å²) < 4.78 is 1.98. The van der Waals surface area contributed by atoms with Gasteiger partial charge in [0.2, 0.25) is 5.88 Å². The van der Waals surface area contributed by atoms with E-state index in [1.807, 2.05) is 0 Å². The molecule has 1 aromatic heterocycles. The van der Waals surface area contributed by atoms with Crippen LogP contribution in [0.1, 0.15) is 69.4 Å². The van der Waals surface area contributed by atoms with Crippen LogP contribution in [0.15, 0.2) is 9.79 Å². The Morgan fingerprint density at radius 3 is 2.54 bits per heavy atom. The summed E-state index contributed by atoms with van der Waals surface area (Å²) in [4.78, 5) is 19.4. The van der Waals surface area contributed by atoms with Gasteiger partial charge < -0.3 is 10.8 Å². The maximum absolute atomic E-state index is 12.2. The van der Waals surface area contributed by atoms with E-state index in [1.165, 1.54) is 12.6 Å². The van der Waals surface area contributed by atoms with Crippen LogP contribution in [0.2, 0.25) is 0 Å². The molecule has 0 unspecified atom stereocenters. The Morgan fingerprint density at radius 2 is 1.83 bits per heavy atom. The van der Waals surface area contributed by atoms with Crippen molar-refractivity contribution in [3.63, 3.8) is 0 Å². The van der Waals surface area contributed by atoms with Gasteiger partial charge in [0.1, 0.15) is 5.56 Å². The molecule has 7 heteroatoms. The van der Waals surface area contributed by atoms with E-state index < -0.39 is 5.56 Å². The maximum atomic E-state index is 12.2. The van der Waals surface area contributed by atoms with Crippen molar-refractivity contribution < 1.29 is 5.11 Å². The first kappa shape index (κ1) is 17.4. The lowest BCUT2D eigenvalue weighted by Gasteiger charge is -2.26. The molecule has 4 N–H and O–H groups in total. The number of nitrogens with zero attached hydrogens (tertiary/aromatic N) is 2. The van der Waals surface area contributed by atoms with E-state index in [0.717, 1.165) is 51.4 Å². The average Bonchev–Trinajstić information content (AvgIpc) is 2.57. The first-order valence-corrected chi connectivity index (χ1v) is 9.35. The lowest BCUT2D eigenvalue weighted by atomic mass is 9.91. The molecule has 0 radical (unpaired) electrons. The van der Waals surface area contributed by atoms with Gasteiger partial charge in [-0.3, -0.25) is 19.3 Å². The van der Waals surface area contributed by atoms with E-state index in [1.54, 1.807) is 4.57 Å². The number of aromatic nitrogens is 2. The fraction of sp³-hybridized carbons (Fsp3) is 0.706. The van der Waals surface area contributed by atoms with Gasteiger partial charge in [-0.25, -0.2) is 0 Å². The molecule has 0 spiro atoms. The zero-order valence-corrected chi connectivity index (χ0v) is 14.7. The van der Waals surface area contributed by atoms with E-state index in [0.29, 0.717) is 0 Å². The Hall–Kier alpha value is -1.47. The Morgan fingerprint density at radius 1 is 1.17 bits per heavy atom. The van der Waals surface area contributed by atoms with Gasteiger partial charge in [0.25, 0.3) is 5.56 Å². The van der Waals surface area contributed by atoms with Crippen LogP contribution in [0.25, 0.3) is 0 Å². The smallest absolute Gasteiger partial charge is 0.264 e. The van der Waals surface area contributed by atoms with Crippen molar-refractivity contribution in [1.29, 1.82) is 0 Å². The first-order valence-electron chi connectivity index (χ1n) is 8.94. The molecule has 3 rings (SSSR count). The van der Waals surface area contributed by atoms with Crippen LogP contribution in [0.4, 0.5) is 0 Å². The second-order valence-electron chi connectivity index (χ2n) is 6.95. The molecule has 2 atom stereocenters. The number of hydrogen-bond donors (Lipinski definition) is 3. The molecule has 0 amide bonds. The number of rotatable bonds is 3. The van der Waals surface area contributed by atoms with Gasteiger partial charge in [0.15, 0.2) is 4.77 Å². The molecule has 0 aliphatic heterocycles. The van der Waals surface area contributed by atoms with Crippen LogP contribution in [0, 0.1) is 4.77 Å². The average molecular weight is 350 g/mol. The summed E-state index contributed by atoms with van der Waals surface area (Å²) in [5.74, 6) is -0.0659. The van der Waals surface area contributed by atoms with E-state index in [-0.39, 0.29) is 34.3 Å². The van der Waals surface area contributed by atoms with E-state index >= 15 is 0 Å². The third kappa shape index (κ3) is 3.62. The van der Waals surface area contributed by atoms with Gasteiger partial charge in [-0.15, -0.1) is 0 Å². The molecule has 0 saturated heterocycles. The first-order chi connectivity index (χ1) is 11.6. The lowest BCUT2D eigenvalue weighted by Crippen LogP contribution is -2.36. The van der Waals surface area contributed by atoms with E-state index in [2.05, 4.69) is 9.98 Å². The Bertz CT molecular complexity index is 718. The van der Waals surface area contributed by atoms with Crippen LogP contribution in [0.3, 0.4) is 0 Å². The SMILES string of the molecule is N[C@H]1CCCC[C@@H]1N=Cc1c(O)n(C2CCCCC2)c(=S)[nH]c1=O. The predicted octanol–water partition coefficient (Wildman–Crippen LogP) is 2.81. The lowest BCUT2D eigenvalue weighted by molar-refractivity contribution is 0.302. The third-order valence-electron chi connectivity index (χ3n) is 5.27. The minimum Gasteiger partial charge on any atom is -0.494 e. The third-order valence-corrected chi connectivity index (χ3v) is 5.57. The summed E-state index contributed by atoms with van der Waals surface area (Å²) in [6.07, 6.45) is 11.0. The number of aromatic hydroxyl groups is 1. The van der Waals surface area contributed by atoms with Gasteiger partial charge >= 0.3 is 0 Å². The molecule has 0 aromatic carbocycles. The molecule has 1 aromatic rings. The molecule has 2 aliphatic carbocycles. The van der Waals surface area contributed by atoms with Crippen molar-refractivity contribution in [3.05, 3.63) is 20.7 Å². The topological polar surface area (TPSA) is 96.4 Å². The Kier molecular flexibility index (Phi) is 5.50. The zero-order chi connectivity index (χ0) is 17.1. The highest BCUT2D eigenvalue weighted by atomic mass is 32.1. The van der Waals surface area contributed by atoms with Gasteiger partial charge in [-0.2, -0.15) is 0 Å². The molecule has 1 heterocycles. The van der Waals surface area contributed by atoms with Crippen molar-refractivity contribution in [2.75, 3.05) is 0 Å². The van der Waals surface area contributed by atoms with Crippen molar-refractivity contribution >= 4 is 18.4 Å². The minimum absolute atomic E-state index is 0.0175. The fourth-order valence-electron chi connectivity index (χ4n) is 3.84. The van der Waals surface area contributed by atoms with Gasteiger partial charge in [0, 0.05) is 18.3 Å². The van der Waals surface area contributed by atoms with Crippen molar-refractivity contribution in [2.45, 2.75) is 75.9 Å². The van der Waals surface area contributed by atoms with Crippen molar-refractivity contribution in [1.82, 2.24) is 9.55 Å². The molecule has 0 bridgehead atoms. The molecule has 2 aliphatic rings. The van der Waals surface area contributed by atoms with Gasteiger partial charge in [0.05, 0.1) is 6.04 Å². The summed E-state index contributed by atoms with van der Waals surface area (Å²) in [7, 11) is 0. The Balaban J connectivity index is 1.92. The second-order valence-corrected chi connectivity index (χ2v) is 7.34. The van der Waals surface area contributed by atoms with E-state index in [4.69, 9.17) is 18.0 Å². The van der Waals surface area contributed by atoms with Crippen LogP contribution in [-0.4, -0.2) is 33.0 Å². The standard InChI is InChI=1S/C17H26N4O2S/c18-13-8-4-5-9-14(13)19-10-12-15(22)20-17(24)21(16(12)23)11-6-2-1-3-7-11/h10-11,13-14,23H,1-9,18H2,(H,20,22,24)/t13-,14-/m0/s1. The normalized spacial score (nSPS) is 26.0. The second kappa shape index (κ2) is 7.61. The monoisotopic (exact) mass is 350 g/mol. The zero-order valence-electron chi connectivity index (χ0n) is 13.9. The van der Waals surface area contributed by atoms with Crippen LogP contribution in [-0.2, 0) is 0 Å². The van der Waals surface area contributed by atoms with Crippen LogP contribution < -0.4 is 11.3 Å². The molecule has 132 valence electrons. The molecule has 2 saturated carbocycles. The number of nitrogens with two attached hydrogens (primary N) is 1. The quantitative estimate of drug-likeness (QED) is 0.577. The molecule has 24 heavy (non-hydrogen) atoms. The summed E-state index contributed by atoms with van der Waals surface area (Å²) in [5.41, 5.74) is 5.90. The highest BCUT2D eigenvalue weighted by Gasteiger charge is 2.23. The summed E-state index contributed by atoms with van der Waals surface area (Å²) in [6, 6.07) is 0.191. The largest absolute Gasteiger partial charge is 0.494 e. The van der Waals surface area contributed by atoms with Gasteiger partial charge in [-0.1, -0.05) is 32.1 Å².